The Morgan fingerprint density at radius 3 is 2.62 bits per heavy atom. The maximum Gasteiger partial charge on any atom is 0.254 e. The van der Waals surface area contributed by atoms with Gasteiger partial charge in [-0.3, -0.25) is 14.6 Å². The van der Waals surface area contributed by atoms with Crippen LogP contribution in [-0.2, 0) is 11.3 Å². The second kappa shape index (κ2) is 11.0. The zero-order valence-electron chi connectivity index (χ0n) is 18.6. The van der Waals surface area contributed by atoms with E-state index in [0.717, 1.165) is 11.3 Å². The Morgan fingerprint density at radius 1 is 1.19 bits per heavy atom. The first kappa shape index (κ1) is 22.9. The van der Waals surface area contributed by atoms with Crippen LogP contribution in [0.3, 0.4) is 0 Å². The number of rotatable bonds is 7. The molecule has 3 rings (SSSR count). The number of piperazine rings is 1. The van der Waals surface area contributed by atoms with Crippen molar-refractivity contribution in [2.24, 2.45) is 4.99 Å². The molecule has 2 aromatic carbocycles. The number of carbonyl (C=O) groups is 2. The van der Waals surface area contributed by atoms with Crippen LogP contribution >= 0.6 is 0 Å². The van der Waals surface area contributed by atoms with Crippen LogP contribution in [0.2, 0.25) is 0 Å². The molecule has 32 heavy (non-hydrogen) atoms. The average molecular weight is 440 g/mol. The van der Waals surface area contributed by atoms with E-state index in [0.29, 0.717) is 49.3 Å². The number of ether oxygens (including phenoxy) is 2. The molecule has 9 heteroatoms. The Kier molecular flexibility index (Phi) is 7.91. The van der Waals surface area contributed by atoms with Crippen LogP contribution < -0.4 is 25.4 Å². The number of benzene rings is 2. The quantitative estimate of drug-likeness (QED) is 0.449. The molecule has 0 saturated carbocycles. The molecule has 1 heterocycles. The van der Waals surface area contributed by atoms with Gasteiger partial charge in [0.05, 0.1) is 20.3 Å². The number of methoxy groups -OCH3 is 1. The highest BCUT2D eigenvalue weighted by Gasteiger charge is 2.22. The summed E-state index contributed by atoms with van der Waals surface area (Å²) in [5.74, 6) is 1.65. The molecule has 0 radical (unpaired) electrons. The van der Waals surface area contributed by atoms with Crippen LogP contribution in [-0.4, -0.2) is 63.1 Å². The first-order valence-electron chi connectivity index (χ1n) is 10.5. The molecular weight excluding hydrogens is 410 g/mol. The van der Waals surface area contributed by atoms with E-state index in [2.05, 4.69) is 20.9 Å². The van der Waals surface area contributed by atoms with Gasteiger partial charge in [0.25, 0.3) is 5.91 Å². The van der Waals surface area contributed by atoms with E-state index in [1.54, 1.807) is 31.2 Å². The lowest BCUT2D eigenvalue weighted by Gasteiger charge is -2.26. The van der Waals surface area contributed by atoms with E-state index in [1.807, 2.05) is 37.3 Å². The Morgan fingerprint density at radius 2 is 1.97 bits per heavy atom. The molecule has 0 aromatic heterocycles. The zero-order chi connectivity index (χ0) is 22.9. The number of carbonyl (C=O) groups excluding carboxylic acids is 2. The molecule has 3 N–H and O–H groups in total. The Bertz CT molecular complexity index is 975. The number of amides is 2. The monoisotopic (exact) mass is 439 g/mol. The highest BCUT2D eigenvalue weighted by Crippen LogP contribution is 2.30. The molecule has 0 unspecified atom stereocenters. The fourth-order valence-corrected chi connectivity index (χ4v) is 3.28. The van der Waals surface area contributed by atoms with E-state index >= 15 is 0 Å². The van der Waals surface area contributed by atoms with Gasteiger partial charge in [-0.1, -0.05) is 12.1 Å². The summed E-state index contributed by atoms with van der Waals surface area (Å²) < 4.78 is 10.9. The van der Waals surface area contributed by atoms with E-state index in [4.69, 9.17) is 9.47 Å². The van der Waals surface area contributed by atoms with Gasteiger partial charge in [0.15, 0.2) is 17.5 Å². The van der Waals surface area contributed by atoms with Gasteiger partial charge in [-0.05, 0) is 36.8 Å². The first-order chi connectivity index (χ1) is 15.5. The molecular formula is C23H29N5O4. The minimum Gasteiger partial charge on any atom is -0.493 e. The van der Waals surface area contributed by atoms with E-state index < -0.39 is 0 Å². The van der Waals surface area contributed by atoms with Crippen LogP contribution in [0.5, 0.6) is 11.5 Å². The standard InChI is InChI=1S/C23H29N5O4/c1-4-32-19-10-9-18(13-20(19)31-3)27-23(24-2)26-14-16-5-7-17(8-6-16)22(30)28-12-11-25-21(29)15-28/h5-10,13H,4,11-12,14-15H2,1-3H3,(H,25,29)(H2,24,26,27). The molecule has 9 nitrogen and oxygen atoms in total. The molecule has 0 atom stereocenters. The normalized spacial score (nSPS) is 13.9. The fourth-order valence-electron chi connectivity index (χ4n) is 3.28. The summed E-state index contributed by atoms with van der Waals surface area (Å²) >= 11 is 0. The number of hydrogen-bond donors (Lipinski definition) is 3. The molecule has 1 aliphatic heterocycles. The lowest BCUT2D eigenvalue weighted by atomic mass is 10.1. The minimum absolute atomic E-state index is 0.0977. The predicted molar refractivity (Wildman–Crippen MR) is 123 cm³/mol. The fraction of sp³-hybridized carbons (Fsp3) is 0.348. The summed E-state index contributed by atoms with van der Waals surface area (Å²) in [6.45, 7) is 4.11. The highest BCUT2D eigenvalue weighted by molar-refractivity contribution is 5.97. The van der Waals surface area contributed by atoms with Crippen molar-refractivity contribution in [3.63, 3.8) is 0 Å². The number of hydrogen-bond acceptors (Lipinski definition) is 5. The molecule has 0 aliphatic carbocycles. The molecule has 1 fully saturated rings. The van der Waals surface area contributed by atoms with Crippen LogP contribution in [0.4, 0.5) is 5.69 Å². The Labute approximate surface area is 187 Å². The van der Waals surface area contributed by atoms with Gasteiger partial charge >= 0.3 is 0 Å². The van der Waals surface area contributed by atoms with E-state index in [1.165, 1.54) is 0 Å². The second-order valence-corrected chi connectivity index (χ2v) is 7.12. The molecule has 1 aliphatic rings. The summed E-state index contributed by atoms with van der Waals surface area (Å²) in [6, 6.07) is 12.9. The predicted octanol–water partition coefficient (Wildman–Crippen LogP) is 1.85. The molecule has 170 valence electrons. The third-order valence-corrected chi connectivity index (χ3v) is 4.94. The summed E-state index contributed by atoms with van der Waals surface area (Å²) in [7, 11) is 3.29. The van der Waals surface area contributed by atoms with Crippen molar-refractivity contribution >= 4 is 23.5 Å². The van der Waals surface area contributed by atoms with Gasteiger partial charge in [0.2, 0.25) is 5.91 Å². The maximum absolute atomic E-state index is 12.6. The minimum atomic E-state index is -0.138. The molecule has 0 bridgehead atoms. The van der Waals surface area contributed by atoms with E-state index in [9.17, 15) is 9.59 Å². The number of guanidine groups is 1. The molecule has 0 spiro atoms. The van der Waals surface area contributed by atoms with Crippen molar-refractivity contribution in [3.8, 4) is 11.5 Å². The summed E-state index contributed by atoms with van der Waals surface area (Å²) in [4.78, 5) is 29.9. The van der Waals surface area contributed by atoms with E-state index in [-0.39, 0.29) is 18.4 Å². The van der Waals surface area contributed by atoms with Crippen LogP contribution in [0.25, 0.3) is 0 Å². The Hall–Kier alpha value is -3.75. The SMILES string of the molecule is CCOc1ccc(NC(=NC)NCc2ccc(C(=O)N3CCNC(=O)C3)cc2)cc1OC. The van der Waals surface area contributed by atoms with Crippen molar-refractivity contribution in [2.75, 3.05) is 45.7 Å². The van der Waals surface area contributed by atoms with Gasteiger partial charge in [-0.25, -0.2) is 0 Å². The second-order valence-electron chi connectivity index (χ2n) is 7.12. The third-order valence-electron chi connectivity index (χ3n) is 4.94. The smallest absolute Gasteiger partial charge is 0.254 e. The lowest BCUT2D eigenvalue weighted by molar-refractivity contribution is -0.123. The van der Waals surface area contributed by atoms with Gasteiger partial charge in [0, 0.05) is 44.0 Å². The number of nitrogens with zero attached hydrogens (tertiary/aromatic N) is 2. The number of nitrogens with one attached hydrogen (secondary N) is 3. The van der Waals surface area contributed by atoms with Crippen molar-refractivity contribution in [3.05, 3.63) is 53.6 Å². The zero-order valence-corrected chi connectivity index (χ0v) is 18.6. The van der Waals surface area contributed by atoms with Crippen LogP contribution in [0, 0.1) is 0 Å². The lowest BCUT2D eigenvalue weighted by Crippen LogP contribution is -2.49. The largest absolute Gasteiger partial charge is 0.493 e. The van der Waals surface area contributed by atoms with Crippen molar-refractivity contribution in [1.29, 1.82) is 0 Å². The van der Waals surface area contributed by atoms with Gasteiger partial charge in [-0.15, -0.1) is 0 Å². The Balaban J connectivity index is 1.57. The topological polar surface area (TPSA) is 104 Å². The van der Waals surface area contributed by atoms with Crippen LogP contribution in [0.15, 0.2) is 47.5 Å². The van der Waals surface area contributed by atoms with Crippen molar-refractivity contribution in [2.45, 2.75) is 13.5 Å². The number of anilines is 1. The summed E-state index contributed by atoms with van der Waals surface area (Å²) in [6.07, 6.45) is 0. The molecule has 2 amide bonds. The van der Waals surface area contributed by atoms with Gasteiger partial charge < -0.3 is 30.3 Å². The average Bonchev–Trinajstić information content (AvgIpc) is 2.82. The first-order valence-corrected chi connectivity index (χ1v) is 10.5. The molecule has 2 aromatic rings. The highest BCUT2D eigenvalue weighted by atomic mass is 16.5. The molecule has 1 saturated heterocycles. The van der Waals surface area contributed by atoms with Crippen molar-refractivity contribution < 1.29 is 19.1 Å². The maximum atomic E-state index is 12.6. The van der Waals surface area contributed by atoms with Gasteiger partial charge in [0.1, 0.15) is 0 Å². The summed E-state index contributed by atoms with van der Waals surface area (Å²) in [5.41, 5.74) is 2.36. The van der Waals surface area contributed by atoms with Crippen LogP contribution in [0.1, 0.15) is 22.8 Å². The number of aliphatic imine (C=N–C) groups is 1. The summed E-state index contributed by atoms with van der Waals surface area (Å²) in [5, 5.41) is 9.19. The van der Waals surface area contributed by atoms with Crippen molar-refractivity contribution in [1.82, 2.24) is 15.5 Å². The van der Waals surface area contributed by atoms with Gasteiger partial charge in [-0.2, -0.15) is 0 Å². The third kappa shape index (κ3) is 5.90.